The van der Waals surface area contributed by atoms with Gasteiger partial charge in [0.15, 0.2) is 15.6 Å². The fraction of sp³-hybridized carbons (Fsp3) is 0.333. The molecule has 1 unspecified atom stereocenters. The molecule has 1 aromatic heterocycles. The molecule has 184 valence electrons. The van der Waals surface area contributed by atoms with Crippen LogP contribution in [-0.4, -0.2) is 46.3 Å². The fourth-order valence-corrected chi connectivity index (χ4v) is 6.99. The van der Waals surface area contributed by atoms with Gasteiger partial charge in [0.25, 0.3) is 5.60 Å². The van der Waals surface area contributed by atoms with E-state index in [1.54, 1.807) is 0 Å². The van der Waals surface area contributed by atoms with Crippen LogP contribution in [0.25, 0.3) is 11.0 Å². The number of Topliss-reactive ketones (excluding diaryl/α,β-unsaturated/α-hetero) is 1. The number of benzene rings is 2. The number of sulfone groups is 1. The summed E-state index contributed by atoms with van der Waals surface area (Å²) in [6, 6.07) is 6.46. The van der Waals surface area contributed by atoms with Crippen molar-refractivity contribution in [1.29, 1.82) is 0 Å². The fourth-order valence-electron chi connectivity index (χ4n) is 4.32. The molecular weight excluding hydrogens is 550 g/mol. The molecule has 0 N–H and O–H groups in total. The first-order valence-electron chi connectivity index (χ1n) is 10.2. The molecule has 2 aliphatic rings. The number of hydrogen-bond donors (Lipinski definition) is 0. The minimum Gasteiger partial charge on any atom is -0.374 e. The molecule has 3 heterocycles. The van der Waals surface area contributed by atoms with Crippen LogP contribution in [0.3, 0.4) is 0 Å². The number of rotatable bonds is 5. The lowest BCUT2D eigenvalue weighted by Crippen LogP contribution is -2.42. The van der Waals surface area contributed by atoms with Crippen LogP contribution in [0.2, 0.25) is 10.0 Å². The molecule has 1 saturated heterocycles. The first-order valence-corrected chi connectivity index (χ1v) is 13.5. The average molecular weight is 564 g/mol. The zero-order valence-electron chi connectivity index (χ0n) is 17.5. The van der Waals surface area contributed by atoms with Gasteiger partial charge >= 0.3 is 6.18 Å². The summed E-state index contributed by atoms with van der Waals surface area (Å²) in [5, 5.41) is 3.78. The first-order chi connectivity index (χ1) is 16.4. The highest BCUT2D eigenvalue weighted by Crippen LogP contribution is 2.50. The number of nitrogens with zero attached hydrogens (tertiary/aromatic N) is 3. The molecule has 3 aromatic rings. The van der Waals surface area contributed by atoms with Crippen molar-refractivity contribution in [2.45, 2.75) is 24.6 Å². The summed E-state index contributed by atoms with van der Waals surface area (Å²) in [4.78, 5) is 17.8. The molecular formula is C21H14Cl2F3N3O4S2. The summed E-state index contributed by atoms with van der Waals surface area (Å²) in [5.41, 5.74) is -2.22. The van der Waals surface area contributed by atoms with E-state index in [4.69, 9.17) is 28.0 Å². The number of carbonyl (C=O) groups is 1. The Hall–Kier alpha value is -2.28. The summed E-state index contributed by atoms with van der Waals surface area (Å²) in [5.74, 6) is -0.664. The lowest BCUT2D eigenvalue weighted by atomic mass is 9.86. The van der Waals surface area contributed by atoms with E-state index in [1.807, 2.05) is 0 Å². The molecule has 7 nitrogen and oxygen atoms in total. The molecule has 14 heteroatoms. The van der Waals surface area contributed by atoms with Gasteiger partial charge < -0.3 is 4.84 Å². The number of alkyl halides is 3. The Bertz CT molecular complexity index is 1470. The van der Waals surface area contributed by atoms with Crippen molar-refractivity contribution < 1.29 is 31.2 Å². The van der Waals surface area contributed by atoms with E-state index in [1.165, 1.54) is 18.2 Å². The van der Waals surface area contributed by atoms with Crippen molar-refractivity contribution in [3.05, 3.63) is 57.1 Å². The number of carbonyl (C=O) groups excluding carboxylic acids is 1. The summed E-state index contributed by atoms with van der Waals surface area (Å²) < 4.78 is 74.0. The number of aromatic nitrogens is 2. The van der Waals surface area contributed by atoms with Crippen LogP contribution >= 0.6 is 34.9 Å². The third kappa shape index (κ3) is 4.30. The molecule has 35 heavy (non-hydrogen) atoms. The summed E-state index contributed by atoms with van der Waals surface area (Å²) in [7, 11) is -3.08. The molecule has 0 spiro atoms. The SMILES string of the molecule is O=C(CC1CS(=O)(=O)C1)c1ccc(C2=NOC(c3cc(Cl)cc(Cl)c3)(C(F)(F)F)C2)c2nsnc12. The van der Waals surface area contributed by atoms with Gasteiger partial charge in [0.2, 0.25) is 0 Å². The number of hydrogen-bond acceptors (Lipinski definition) is 8. The zero-order chi connectivity index (χ0) is 25.2. The second-order valence-electron chi connectivity index (χ2n) is 8.48. The molecule has 5 rings (SSSR count). The molecule has 2 aliphatic heterocycles. The van der Waals surface area contributed by atoms with Crippen LogP contribution in [0.5, 0.6) is 0 Å². The maximum Gasteiger partial charge on any atom is 0.435 e. The van der Waals surface area contributed by atoms with E-state index in [-0.39, 0.29) is 73.1 Å². The minimum absolute atomic E-state index is 0.0152. The van der Waals surface area contributed by atoms with Crippen molar-refractivity contribution in [2.75, 3.05) is 11.5 Å². The number of fused-ring (bicyclic) bond motifs is 1. The van der Waals surface area contributed by atoms with Gasteiger partial charge in [-0.05, 0) is 36.2 Å². The number of oxime groups is 1. The Morgan fingerprint density at radius 1 is 1.11 bits per heavy atom. The highest BCUT2D eigenvalue weighted by molar-refractivity contribution is 7.92. The minimum atomic E-state index is -4.86. The molecule has 1 atom stereocenters. The molecule has 2 aromatic carbocycles. The van der Waals surface area contributed by atoms with Gasteiger partial charge in [-0.25, -0.2) is 8.42 Å². The van der Waals surface area contributed by atoms with E-state index in [0.29, 0.717) is 0 Å². The third-order valence-electron chi connectivity index (χ3n) is 5.99. The normalized spacial score (nSPS) is 22.0. The Kier molecular flexibility index (Phi) is 5.86. The maximum atomic E-state index is 14.3. The van der Waals surface area contributed by atoms with Gasteiger partial charge in [0, 0.05) is 33.2 Å². The van der Waals surface area contributed by atoms with Gasteiger partial charge in [0.05, 0.1) is 35.4 Å². The van der Waals surface area contributed by atoms with Crippen molar-refractivity contribution in [3.63, 3.8) is 0 Å². The molecule has 0 saturated carbocycles. The number of halogens is 5. The van der Waals surface area contributed by atoms with Crippen LogP contribution in [0.15, 0.2) is 35.5 Å². The molecule has 0 amide bonds. The van der Waals surface area contributed by atoms with Crippen molar-refractivity contribution in [2.24, 2.45) is 11.1 Å². The largest absolute Gasteiger partial charge is 0.435 e. The van der Waals surface area contributed by atoms with Crippen LogP contribution in [-0.2, 0) is 20.3 Å². The summed E-state index contributed by atoms with van der Waals surface area (Å²) >= 11 is 12.7. The Labute approximate surface area is 211 Å². The lowest BCUT2D eigenvalue weighted by molar-refractivity contribution is -0.275. The predicted molar refractivity (Wildman–Crippen MR) is 125 cm³/mol. The van der Waals surface area contributed by atoms with Gasteiger partial charge in [-0.15, -0.1) is 0 Å². The average Bonchev–Trinajstić information content (AvgIpc) is 3.39. The van der Waals surface area contributed by atoms with Crippen LogP contribution < -0.4 is 0 Å². The van der Waals surface area contributed by atoms with Crippen LogP contribution in [0.4, 0.5) is 13.2 Å². The van der Waals surface area contributed by atoms with E-state index in [0.717, 1.165) is 23.9 Å². The number of ketones is 1. The highest BCUT2D eigenvalue weighted by Gasteiger charge is 2.62. The van der Waals surface area contributed by atoms with Gasteiger partial charge in [-0.1, -0.05) is 28.4 Å². The van der Waals surface area contributed by atoms with Crippen molar-refractivity contribution in [3.8, 4) is 0 Å². The Balaban J connectivity index is 1.48. The van der Waals surface area contributed by atoms with E-state index < -0.39 is 28.0 Å². The van der Waals surface area contributed by atoms with Crippen LogP contribution in [0.1, 0.15) is 34.3 Å². The predicted octanol–water partition coefficient (Wildman–Crippen LogP) is 5.20. The second kappa shape index (κ2) is 8.39. The highest BCUT2D eigenvalue weighted by atomic mass is 35.5. The molecule has 0 aliphatic carbocycles. The van der Waals surface area contributed by atoms with E-state index in [2.05, 4.69) is 13.9 Å². The summed E-state index contributed by atoms with van der Waals surface area (Å²) in [6.07, 6.45) is -5.50. The van der Waals surface area contributed by atoms with Crippen molar-refractivity contribution in [1.82, 2.24) is 8.75 Å². The molecule has 0 radical (unpaired) electrons. The monoisotopic (exact) mass is 563 g/mol. The van der Waals surface area contributed by atoms with Gasteiger partial charge in [-0.3, -0.25) is 4.79 Å². The van der Waals surface area contributed by atoms with Crippen molar-refractivity contribution >= 4 is 67.3 Å². The smallest absolute Gasteiger partial charge is 0.374 e. The topological polar surface area (TPSA) is 98.6 Å². The molecule has 0 bridgehead atoms. The van der Waals surface area contributed by atoms with E-state index in [9.17, 15) is 26.4 Å². The maximum absolute atomic E-state index is 14.3. The Morgan fingerprint density at radius 2 is 1.77 bits per heavy atom. The Morgan fingerprint density at radius 3 is 2.40 bits per heavy atom. The van der Waals surface area contributed by atoms with E-state index >= 15 is 0 Å². The standard InChI is InChI=1S/C21H14Cl2F3N3O4S2/c22-12-4-11(5-13(23)6-12)20(21(24,25)26)7-16(27-33-20)14-1-2-15(19-18(14)28-34-29-19)17(30)3-10-8-35(31,32)9-10/h1-2,4-6,10H,3,7-9H2. The lowest BCUT2D eigenvalue weighted by Gasteiger charge is -2.29. The third-order valence-corrected chi connectivity index (χ3v) is 8.92. The van der Waals surface area contributed by atoms with Crippen LogP contribution in [0, 0.1) is 5.92 Å². The van der Waals surface area contributed by atoms with Gasteiger partial charge in [-0.2, -0.15) is 21.9 Å². The zero-order valence-corrected chi connectivity index (χ0v) is 20.6. The second-order valence-corrected chi connectivity index (χ2v) is 12.0. The van der Waals surface area contributed by atoms with Gasteiger partial charge in [0.1, 0.15) is 11.0 Å². The quantitative estimate of drug-likeness (QED) is 0.396. The molecule has 1 fully saturated rings. The summed E-state index contributed by atoms with van der Waals surface area (Å²) in [6.45, 7) is 0. The first kappa shape index (κ1) is 24.4.